The van der Waals surface area contributed by atoms with E-state index in [1.165, 1.54) is 6.20 Å². The van der Waals surface area contributed by atoms with Gasteiger partial charge in [-0.1, -0.05) is 6.92 Å². The van der Waals surface area contributed by atoms with Crippen LogP contribution in [0.5, 0.6) is 0 Å². The standard InChI is InChI=1S/C11H14ClN5O2S/c1-2-20(18,19)9-7-14-3-4-17(9)10-8(5-13)6-15-11(12)16-10/h6,9,14H,2-4,7H2,1H3. The lowest BCUT2D eigenvalue weighted by molar-refractivity contribution is 0.516. The summed E-state index contributed by atoms with van der Waals surface area (Å²) in [4.78, 5) is 9.40. The van der Waals surface area contributed by atoms with Gasteiger partial charge in [-0.15, -0.1) is 0 Å². The van der Waals surface area contributed by atoms with Crippen molar-refractivity contribution in [3.8, 4) is 6.07 Å². The quantitative estimate of drug-likeness (QED) is 0.794. The molecule has 1 aliphatic heterocycles. The number of aromatic nitrogens is 2. The van der Waals surface area contributed by atoms with Crippen LogP contribution in [0.2, 0.25) is 5.28 Å². The number of halogens is 1. The Morgan fingerprint density at radius 1 is 1.65 bits per heavy atom. The van der Waals surface area contributed by atoms with E-state index in [1.54, 1.807) is 11.8 Å². The third-order valence-corrected chi connectivity index (χ3v) is 5.38. The van der Waals surface area contributed by atoms with Gasteiger partial charge in [-0.2, -0.15) is 10.2 Å². The van der Waals surface area contributed by atoms with Crippen LogP contribution in [0, 0.1) is 11.3 Å². The molecule has 1 fully saturated rings. The van der Waals surface area contributed by atoms with Gasteiger partial charge in [0.2, 0.25) is 5.28 Å². The first kappa shape index (κ1) is 15.0. The lowest BCUT2D eigenvalue weighted by Crippen LogP contribution is -2.55. The molecular weight excluding hydrogens is 302 g/mol. The molecule has 0 saturated carbocycles. The van der Waals surface area contributed by atoms with Crippen molar-refractivity contribution in [3.63, 3.8) is 0 Å². The van der Waals surface area contributed by atoms with Gasteiger partial charge in [0, 0.05) is 25.4 Å². The van der Waals surface area contributed by atoms with E-state index in [1.807, 2.05) is 6.07 Å². The van der Waals surface area contributed by atoms with Gasteiger partial charge in [0.25, 0.3) is 0 Å². The van der Waals surface area contributed by atoms with Crippen molar-refractivity contribution in [2.75, 3.05) is 30.3 Å². The number of rotatable bonds is 3. The molecule has 1 unspecified atom stereocenters. The number of hydrogen-bond donors (Lipinski definition) is 1. The summed E-state index contributed by atoms with van der Waals surface area (Å²) in [6.45, 7) is 2.94. The molecule has 7 nitrogen and oxygen atoms in total. The zero-order valence-corrected chi connectivity index (χ0v) is 12.4. The molecule has 1 aromatic heterocycles. The van der Waals surface area contributed by atoms with E-state index in [2.05, 4.69) is 15.3 Å². The maximum Gasteiger partial charge on any atom is 0.224 e. The first-order valence-corrected chi connectivity index (χ1v) is 8.20. The Morgan fingerprint density at radius 2 is 2.40 bits per heavy atom. The lowest BCUT2D eigenvalue weighted by Gasteiger charge is -2.36. The first-order valence-electron chi connectivity index (χ1n) is 6.11. The van der Waals surface area contributed by atoms with Crippen LogP contribution in [-0.4, -0.2) is 49.1 Å². The number of hydrogen-bond acceptors (Lipinski definition) is 7. The van der Waals surface area contributed by atoms with Crippen molar-refractivity contribution in [1.29, 1.82) is 5.26 Å². The zero-order valence-electron chi connectivity index (χ0n) is 10.9. The SMILES string of the molecule is CCS(=O)(=O)C1CNCCN1c1nc(Cl)ncc1C#N. The van der Waals surface area contributed by atoms with Gasteiger partial charge in [0.15, 0.2) is 15.7 Å². The van der Waals surface area contributed by atoms with E-state index in [0.717, 1.165) is 0 Å². The van der Waals surface area contributed by atoms with Crippen molar-refractivity contribution in [1.82, 2.24) is 15.3 Å². The highest BCUT2D eigenvalue weighted by molar-refractivity contribution is 7.92. The Balaban J connectivity index is 2.49. The van der Waals surface area contributed by atoms with Crippen LogP contribution in [0.4, 0.5) is 5.82 Å². The highest BCUT2D eigenvalue weighted by Gasteiger charge is 2.34. The molecule has 0 aromatic carbocycles. The molecular formula is C11H14ClN5O2S. The highest BCUT2D eigenvalue weighted by Crippen LogP contribution is 2.24. The van der Waals surface area contributed by atoms with E-state index >= 15 is 0 Å². The van der Waals surface area contributed by atoms with Crippen molar-refractivity contribution in [2.45, 2.75) is 12.3 Å². The van der Waals surface area contributed by atoms with Crippen LogP contribution < -0.4 is 10.2 Å². The fourth-order valence-electron chi connectivity index (χ4n) is 2.08. The van der Waals surface area contributed by atoms with Crippen molar-refractivity contribution < 1.29 is 8.42 Å². The predicted octanol–water partition coefficient (Wildman–Crippen LogP) is 0.172. The highest BCUT2D eigenvalue weighted by atomic mass is 35.5. The summed E-state index contributed by atoms with van der Waals surface area (Å²) in [6, 6.07) is 1.97. The number of sulfone groups is 1. The number of anilines is 1. The van der Waals surface area contributed by atoms with Crippen LogP contribution >= 0.6 is 11.6 Å². The lowest BCUT2D eigenvalue weighted by atomic mass is 10.3. The van der Waals surface area contributed by atoms with Crippen molar-refractivity contribution in [3.05, 3.63) is 17.0 Å². The Bertz CT molecular complexity index is 643. The minimum Gasteiger partial charge on any atom is -0.336 e. The third kappa shape index (κ3) is 2.85. The van der Waals surface area contributed by atoms with E-state index in [4.69, 9.17) is 16.9 Å². The van der Waals surface area contributed by atoms with E-state index in [-0.39, 0.29) is 22.4 Å². The fourth-order valence-corrected chi connectivity index (χ4v) is 3.56. The third-order valence-electron chi connectivity index (χ3n) is 3.14. The van der Waals surface area contributed by atoms with Crippen molar-refractivity contribution in [2.24, 2.45) is 0 Å². The molecule has 0 aliphatic carbocycles. The van der Waals surface area contributed by atoms with Crippen LogP contribution in [-0.2, 0) is 9.84 Å². The van der Waals surface area contributed by atoms with Crippen molar-refractivity contribution >= 4 is 27.3 Å². The molecule has 2 rings (SSSR count). The average molecular weight is 316 g/mol. The summed E-state index contributed by atoms with van der Waals surface area (Å²) in [7, 11) is -3.31. The largest absolute Gasteiger partial charge is 0.336 e. The smallest absolute Gasteiger partial charge is 0.224 e. The first-order chi connectivity index (χ1) is 9.49. The molecule has 2 heterocycles. The van der Waals surface area contributed by atoms with Gasteiger partial charge in [-0.05, 0) is 11.6 Å². The van der Waals surface area contributed by atoms with Gasteiger partial charge in [0.1, 0.15) is 17.0 Å². The minimum atomic E-state index is -3.31. The van der Waals surface area contributed by atoms with Crippen LogP contribution in [0.1, 0.15) is 12.5 Å². The monoisotopic (exact) mass is 315 g/mol. The summed E-state index contributed by atoms with van der Waals surface area (Å²) in [6.07, 6.45) is 1.31. The van der Waals surface area contributed by atoms with Crippen LogP contribution in [0.3, 0.4) is 0 Å². The molecule has 20 heavy (non-hydrogen) atoms. The van der Waals surface area contributed by atoms with Gasteiger partial charge >= 0.3 is 0 Å². The molecule has 1 aromatic rings. The maximum absolute atomic E-state index is 12.2. The Morgan fingerprint density at radius 3 is 3.05 bits per heavy atom. The summed E-state index contributed by atoms with van der Waals surface area (Å²) >= 11 is 5.77. The average Bonchev–Trinajstić information content (AvgIpc) is 2.47. The summed E-state index contributed by atoms with van der Waals surface area (Å²) in [5.41, 5.74) is 0.215. The number of nitrogens with one attached hydrogen (secondary N) is 1. The zero-order chi connectivity index (χ0) is 14.8. The Hall–Kier alpha value is -1.43. The van der Waals surface area contributed by atoms with E-state index < -0.39 is 15.2 Å². The van der Waals surface area contributed by atoms with Gasteiger partial charge < -0.3 is 10.2 Å². The second-order valence-electron chi connectivity index (χ2n) is 4.29. The number of piperazine rings is 1. The number of nitriles is 1. The second-order valence-corrected chi connectivity index (χ2v) is 7.08. The van der Waals surface area contributed by atoms with Gasteiger partial charge in [0.05, 0.1) is 6.20 Å². The van der Waals surface area contributed by atoms with Crippen LogP contribution in [0.25, 0.3) is 0 Å². The molecule has 108 valence electrons. The van der Waals surface area contributed by atoms with Gasteiger partial charge in [-0.25, -0.2) is 13.4 Å². The number of nitrogens with zero attached hydrogens (tertiary/aromatic N) is 4. The molecule has 1 aliphatic rings. The molecule has 0 radical (unpaired) electrons. The summed E-state index contributed by atoms with van der Waals surface area (Å²) < 4.78 is 24.4. The minimum absolute atomic E-state index is 0.00909. The maximum atomic E-state index is 12.2. The molecule has 0 amide bonds. The van der Waals surface area contributed by atoms with Crippen LogP contribution in [0.15, 0.2) is 6.20 Å². The molecule has 0 bridgehead atoms. The summed E-state index contributed by atoms with van der Waals surface area (Å²) in [5, 5.41) is 11.4. The topological polar surface area (TPSA) is 99.0 Å². The molecule has 0 spiro atoms. The predicted molar refractivity (Wildman–Crippen MR) is 75.2 cm³/mol. The molecule has 9 heteroatoms. The summed E-state index contributed by atoms with van der Waals surface area (Å²) in [5.74, 6) is 0.298. The Kier molecular flexibility index (Phi) is 4.42. The van der Waals surface area contributed by atoms with E-state index in [9.17, 15) is 8.42 Å². The fraction of sp³-hybridized carbons (Fsp3) is 0.545. The van der Waals surface area contributed by atoms with E-state index in [0.29, 0.717) is 19.6 Å². The second kappa shape index (κ2) is 5.91. The molecule has 1 atom stereocenters. The molecule has 1 saturated heterocycles. The van der Waals surface area contributed by atoms with Gasteiger partial charge in [-0.3, -0.25) is 0 Å². The normalized spacial score (nSPS) is 19.6. The Labute approximate surface area is 122 Å². The molecule has 1 N–H and O–H groups in total.